The van der Waals surface area contributed by atoms with Crippen molar-refractivity contribution in [3.63, 3.8) is 0 Å². The number of hydrogen-bond donors (Lipinski definition) is 1. The topological polar surface area (TPSA) is 53.0 Å². The molecule has 18 heavy (non-hydrogen) atoms. The second-order valence-electron chi connectivity index (χ2n) is 5.72. The fourth-order valence-corrected chi connectivity index (χ4v) is 2.93. The third-order valence-corrected chi connectivity index (χ3v) is 3.92. The molecule has 1 aliphatic rings. The number of piperidine rings is 1. The summed E-state index contributed by atoms with van der Waals surface area (Å²) < 4.78 is 0. The van der Waals surface area contributed by atoms with E-state index in [1.807, 2.05) is 24.3 Å². The van der Waals surface area contributed by atoms with Gasteiger partial charge in [-0.05, 0) is 63.4 Å². The first-order valence-electron chi connectivity index (χ1n) is 6.54. The summed E-state index contributed by atoms with van der Waals surface area (Å²) in [6, 6.07) is 10.0. The van der Waals surface area contributed by atoms with Crippen molar-refractivity contribution in [2.45, 2.75) is 32.2 Å². The summed E-state index contributed by atoms with van der Waals surface area (Å²) in [5.74, 6) is 0.634. The Kier molecular flexibility index (Phi) is 3.58. The molecule has 2 rings (SSSR count). The molecule has 1 unspecified atom stereocenters. The lowest BCUT2D eigenvalue weighted by Crippen LogP contribution is -2.51. The minimum absolute atomic E-state index is 0.135. The minimum atomic E-state index is 0.135. The predicted molar refractivity (Wildman–Crippen MR) is 74.4 cm³/mol. The molecule has 1 aliphatic heterocycles. The van der Waals surface area contributed by atoms with Crippen LogP contribution in [0.5, 0.6) is 0 Å². The van der Waals surface area contributed by atoms with E-state index in [1.165, 1.54) is 5.69 Å². The maximum Gasteiger partial charge on any atom is 0.0991 e. The average Bonchev–Trinajstić information content (AvgIpc) is 2.38. The Morgan fingerprint density at radius 3 is 2.56 bits per heavy atom. The van der Waals surface area contributed by atoms with Crippen LogP contribution in [0.2, 0.25) is 0 Å². The Morgan fingerprint density at radius 2 is 2.06 bits per heavy atom. The van der Waals surface area contributed by atoms with Gasteiger partial charge >= 0.3 is 0 Å². The summed E-state index contributed by atoms with van der Waals surface area (Å²) in [4.78, 5) is 2.43. The van der Waals surface area contributed by atoms with Crippen molar-refractivity contribution < 1.29 is 0 Å². The molecule has 0 saturated carbocycles. The standard InChI is InChI=1S/C15H21N3/c1-15(2)9-13(11-17)7-8-18(15)14-5-3-12(10-16)4-6-14/h3-6,13H,7-9,11,17H2,1-2H3. The Labute approximate surface area is 109 Å². The third-order valence-electron chi connectivity index (χ3n) is 3.92. The van der Waals surface area contributed by atoms with Crippen LogP contribution in [-0.4, -0.2) is 18.6 Å². The predicted octanol–water partition coefficient (Wildman–Crippen LogP) is 2.51. The molecule has 1 atom stereocenters. The van der Waals surface area contributed by atoms with Crippen LogP contribution in [0.4, 0.5) is 5.69 Å². The van der Waals surface area contributed by atoms with Crippen LogP contribution in [0.15, 0.2) is 24.3 Å². The van der Waals surface area contributed by atoms with E-state index in [1.54, 1.807) is 0 Å². The van der Waals surface area contributed by atoms with E-state index in [9.17, 15) is 0 Å². The highest BCUT2D eigenvalue weighted by Gasteiger charge is 2.34. The quantitative estimate of drug-likeness (QED) is 0.868. The molecule has 1 aromatic rings. The van der Waals surface area contributed by atoms with Crippen molar-refractivity contribution in [2.75, 3.05) is 18.0 Å². The van der Waals surface area contributed by atoms with Gasteiger partial charge in [0.05, 0.1) is 11.6 Å². The van der Waals surface area contributed by atoms with Crippen LogP contribution >= 0.6 is 0 Å². The number of nitriles is 1. The summed E-state index contributed by atoms with van der Waals surface area (Å²) in [5, 5.41) is 8.83. The van der Waals surface area contributed by atoms with Gasteiger partial charge in [-0.2, -0.15) is 5.26 Å². The molecule has 0 spiro atoms. The molecule has 1 aromatic carbocycles. The Morgan fingerprint density at radius 1 is 1.39 bits per heavy atom. The third kappa shape index (κ3) is 2.49. The van der Waals surface area contributed by atoms with E-state index < -0.39 is 0 Å². The number of nitrogens with zero attached hydrogens (tertiary/aromatic N) is 2. The van der Waals surface area contributed by atoms with Gasteiger partial charge in [-0.1, -0.05) is 0 Å². The lowest BCUT2D eigenvalue weighted by atomic mass is 9.82. The molecule has 2 N–H and O–H groups in total. The second-order valence-corrected chi connectivity index (χ2v) is 5.72. The molecular formula is C15H21N3. The number of hydrogen-bond acceptors (Lipinski definition) is 3. The number of anilines is 1. The van der Waals surface area contributed by atoms with Crippen LogP contribution in [0.3, 0.4) is 0 Å². The van der Waals surface area contributed by atoms with Crippen LogP contribution < -0.4 is 10.6 Å². The molecular weight excluding hydrogens is 222 g/mol. The zero-order valence-electron chi connectivity index (χ0n) is 11.2. The van der Waals surface area contributed by atoms with Crippen LogP contribution in [0.1, 0.15) is 32.3 Å². The maximum atomic E-state index is 8.83. The smallest absolute Gasteiger partial charge is 0.0991 e. The zero-order chi connectivity index (χ0) is 13.2. The van der Waals surface area contributed by atoms with E-state index in [-0.39, 0.29) is 5.54 Å². The number of rotatable bonds is 2. The van der Waals surface area contributed by atoms with Crippen molar-refractivity contribution >= 4 is 5.69 Å². The van der Waals surface area contributed by atoms with Gasteiger partial charge in [0, 0.05) is 17.8 Å². The van der Waals surface area contributed by atoms with E-state index in [4.69, 9.17) is 11.0 Å². The first kappa shape index (κ1) is 12.9. The normalized spacial score (nSPS) is 22.6. The molecule has 1 fully saturated rings. The highest BCUT2D eigenvalue weighted by atomic mass is 15.2. The van der Waals surface area contributed by atoms with Gasteiger partial charge in [-0.25, -0.2) is 0 Å². The highest BCUT2D eigenvalue weighted by Crippen LogP contribution is 2.34. The number of benzene rings is 1. The lowest BCUT2D eigenvalue weighted by Gasteiger charge is -2.47. The monoisotopic (exact) mass is 243 g/mol. The van der Waals surface area contributed by atoms with Gasteiger partial charge < -0.3 is 10.6 Å². The van der Waals surface area contributed by atoms with Crippen molar-refractivity contribution in [3.8, 4) is 6.07 Å². The lowest BCUT2D eigenvalue weighted by molar-refractivity contribution is 0.279. The van der Waals surface area contributed by atoms with Crippen LogP contribution in [0.25, 0.3) is 0 Å². The summed E-state index contributed by atoms with van der Waals surface area (Å²) in [7, 11) is 0. The summed E-state index contributed by atoms with van der Waals surface area (Å²) in [6.07, 6.45) is 2.28. The van der Waals surface area contributed by atoms with Crippen molar-refractivity contribution in [1.29, 1.82) is 5.26 Å². The van der Waals surface area contributed by atoms with Gasteiger partial charge in [-0.3, -0.25) is 0 Å². The Hall–Kier alpha value is -1.53. The molecule has 3 nitrogen and oxygen atoms in total. The van der Waals surface area contributed by atoms with Gasteiger partial charge in [0.15, 0.2) is 0 Å². The van der Waals surface area contributed by atoms with Crippen LogP contribution in [-0.2, 0) is 0 Å². The average molecular weight is 243 g/mol. The highest BCUT2D eigenvalue weighted by molar-refractivity contribution is 5.52. The fourth-order valence-electron chi connectivity index (χ4n) is 2.93. The molecule has 0 amide bonds. The van der Waals surface area contributed by atoms with Crippen molar-refractivity contribution in [3.05, 3.63) is 29.8 Å². The molecule has 1 saturated heterocycles. The first-order valence-corrected chi connectivity index (χ1v) is 6.54. The summed E-state index contributed by atoms with van der Waals surface area (Å²) in [6.45, 7) is 6.37. The van der Waals surface area contributed by atoms with E-state index in [0.717, 1.165) is 25.9 Å². The Bertz CT molecular complexity index is 442. The Balaban J connectivity index is 2.20. The number of nitrogens with two attached hydrogens (primary N) is 1. The maximum absolute atomic E-state index is 8.83. The molecule has 3 heteroatoms. The fraction of sp³-hybridized carbons (Fsp3) is 0.533. The molecule has 0 aromatic heterocycles. The van der Waals surface area contributed by atoms with Crippen molar-refractivity contribution in [2.24, 2.45) is 11.7 Å². The van der Waals surface area contributed by atoms with Gasteiger partial charge in [-0.15, -0.1) is 0 Å². The largest absolute Gasteiger partial charge is 0.366 e. The molecule has 0 radical (unpaired) electrons. The molecule has 0 aliphatic carbocycles. The van der Waals surface area contributed by atoms with E-state index in [0.29, 0.717) is 11.5 Å². The van der Waals surface area contributed by atoms with E-state index in [2.05, 4.69) is 24.8 Å². The minimum Gasteiger partial charge on any atom is -0.366 e. The van der Waals surface area contributed by atoms with E-state index >= 15 is 0 Å². The second kappa shape index (κ2) is 4.99. The molecule has 1 heterocycles. The first-order chi connectivity index (χ1) is 8.56. The summed E-state index contributed by atoms with van der Waals surface area (Å²) in [5.41, 5.74) is 7.85. The van der Waals surface area contributed by atoms with Gasteiger partial charge in [0.1, 0.15) is 0 Å². The summed E-state index contributed by atoms with van der Waals surface area (Å²) >= 11 is 0. The molecule has 96 valence electrons. The SMILES string of the molecule is CC1(C)CC(CN)CCN1c1ccc(C#N)cc1. The zero-order valence-corrected chi connectivity index (χ0v) is 11.2. The van der Waals surface area contributed by atoms with Gasteiger partial charge in [0.25, 0.3) is 0 Å². The van der Waals surface area contributed by atoms with Crippen LogP contribution in [0, 0.1) is 17.2 Å². The van der Waals surface area contributed by atoms with Gasteiger partial charge in [0.2, 0.25) is 0 Å². The molecule has 0 bridgehead atoms. The van der Waals surface area contributed by atoms with Crippen molar-refractivity contribution in [1.82, 2.24) is 0 Å².